The van der Waals surface area contributed by atoms with Gasteiger partial charge in [-0.05, 0) is 30.3 Å². The molecule has 0 spiro atoms. The number of nitrogens with zero attached hydrogens (tertiary/aromatic N) is 1. The molecule has 0 saturated heterocycles. The van der Waals surface area contributed by atoms with Gasteiger partial charge in [0.1, 0.15) is 0 Å². The molecule has 0 aliphatic rings. The molecule has 0 aliphatic heterocycles. The van der Waals surface area contributed by atoms with E-state index < -0.39 is 5.69 Å². The predicted molar refractivity (Wildman–Crippen MR) is 85.0 cm³/mol. The Kier molecular flexibility index (Phi) is 5.31. The third-order valence-corrected chi connectivity index (χ3v) is 3.45. The minimum Gasteiger partial charge on any atom is -0.326 e. The van der Waals surface area contributed by atoms with Crippen molar-refractivity contribution in [3.05, 3.63) is 47.0 Å². The summed E-state index contributed by atoms with van der Waals surface area (Å²) in [6.07, 6.45) is 1.39. The Morgan fingerprint density at radius 1 is 1.14 bits per heavy atom. The second-order valence-electron chi connectivity index (χ2n) is 4.33. The molecule has 0 atom stereocenters. The van der Waals surface area contributed by atoms with E-state index in [-0.39, 0.29) is 17.6 Å². The van der Waals surface area contributed by atoms with E-state index in [1.54, 1.807) is 30.3 Å². The van der Waals surface area contributed by atoms with Crippen molar-refractivity contribution in [2.24, 2.45) is 0 Å². The second kappa shape index (κ2) is 7.41. The van der Waals surface area contributed by atoms with Gasteiger partial charge in [0.15, 0.2) is 0 Å². The van der Waals surface area contributed by atoms with Crippen molar-refractivity contribution >= 4 is 35.0 Å². The highest BCUT2D eigenvalue weighted by Crippen LogP contribution is 2.16. The van der Waals surface area contributed by atoms with Crippen LogP contribution in [0.4, 0.5) is 11.4 Å². The number of rotatable bonds is 5. The molecule has 7 nitrogen and oxygen atoms in total. The van der Waals surface area contributed by atoms with Crippen molar-refractivity contribution in [1.82, 2.24) is 9.97 Å². The van der Waals surface area contributed by atoms with Gasteiger partial charge in [-0.1, -0.05) is 11.8 Å². The van der Waals surface area contributed by atoms with E-state index >= 15 is 0 Å². The van der Waals surface area contributed by atoms with Crippen LogP contribution < -0.4 is 16.3 Å². The molecule has 1 aromatic carbocycles. The summed E-state index contributed by atoms with van der Waals surface area (Å²) in [4.78, 5) is 39.8. The van der Waals surface area contributed by atoms with Crippen molar-refractivity contribution in [3.63, 3.8) is 0 Å². The fraction of sp³-hybridized carbons (Fsp3) is 0.143. The van der Waals surface area contributed by atoms with Crippen molar-refractivity contribution in [2.75, 3.05) is 16.4 Å². The zero-order valence-corrected chi connectivity index (χ0v) is 12.6. The first-order valence-electron chi connectivity index (χ1n) is 6.38. The van der Waals surface area contributed by atoms with Crippen LogP contribution in [-0.4, -0.2) is 27.5 Å². The molecule has 0 radical (unpaired) electrons. The number of carbonyl (C=O) groups excluding carboxylic acids is 2. The lowest BCUT2D eigenvalue weighted by atomic mass is 10.3. The first-order chi connectivity index (χ1) is 10.5. The van der Waals surface area contributed by atoms with Gasteiger partial charge in [-0.2, -0.15) is 0 Å². The molecule has 2 amide bonds. The third-order valence-electron chi connectivity index (χ3n) is 2.50. The summed E-state index contributed by atoms with van der Waals surface area (Å²) in [7, 11) is 0. The number of anilines is 2. The molecule has 8 heteroatoms. The summed E-state index contributed by atoms with van der Waals surface area (Å²) >= 11 is 1.21. The largest absolute Gasteiger partial charge is 0.345 e. The monoisotopic (exact) mass is 318 g/mol. The molecule has 0 saturated carbocycles. The maximum atomic E-state index is 11.8. The summed E-state index contributed by atoms with van der Waals surface area (Å²) in [6, 6.07) is 8.42. The van der Waals surface area contributed by atoms with E-state index in [2.05, 4.69) is 20.6 Å². The first-order valence-corrected chi connectivity index (χ1v) is 7.37. The van der Waals surface area contributed by atoms with Gasteiger partial charge in [-0.25, -0.2) is 9.78 Å². The van der Waals surface area contributed by atoms with Gasteiger partial charge in [-0.3, -0.25) is 9.59 Å². The van der Waals surface area contributed by atoms with Gasteiger partial charge in [-0.15, -0.1) is 0 Å². The molecule has 22 heavy (non-hydrogen) atoms. The highest BCUT2D eigenvalue weighted by molar-refractivity contribution is 7.99. The fourth-order valence-corrected chi connectivity index (χ4v) is 2.29. The lowest BCUT2D eigenvalue weighted by molar-refractivity contribution is -0.114. The average Bonchev–Trinajstić information content (AvgIpc) is 2.47. The van der Waals surface area contributed by atoms with Crippen LogP contribution in [-0.2, 0) is 9.59 Å². The number of H-pyrrole nitrogens is 1. The minimum atomic E-state index is -0.445. The Balaban J connectivity index is 1.86. The maximum Gasteiger partial charge on any atom is 0.345 e. The second-order valence-corrected chi connectivity index (χ2v) is 5.35. The van der Waals surface area contributed by atoms with E-state index in [9.17, 15) is 14.4 Å². The predicted octanol–water partition coefficient (Wildman–Crippen LogP) is 1.46. The van der Waals surface area contributed by atoms with Gasteiger partial charge in [0.2, 0.25) is 11.8 Å². The number of thioether (sulfide) groups is 1. The highest BCUT2D eigenvalue weighted by Gasteiger charge is 2.05. The number of hydrogen-bond acceptors (Lipinski definition) is 5. The maximum absolute atomic E-state index is 11.8. The van der Waals surface area contributed by atoms with Gasteiger partial charge in [0.05, 0.1) is 10.8 Å². The van der Waals surface area contributed by atoms with E-state index in [1.165, 1.54) is 24.9 Å². The molecular formula is C14H14N4O3S. The first kappa shape index (κ1) is 15.8. The average molecular weight is 318 g/mol. The molecule has 1 heterocycles. The molecule has 0 bridgehead atoms. The molecule has 0 unspecified atom stereocenters. The Bertz CT molecular complexity index is 727. The van der Waals surface area contributed by atoms with Crippen LogP contribution in [0.3, 0.4) is 0 Å². The molecule has 3 N–H and O–H groups in total. The van der Waals surface area contributed by atoms with Crippen LogP contribution in [0.2, 0.25) is 0 Å². The standard InChI is InChI=1S/C14H14N4O3S/c1-9(19)16-10-2-4-11(5-3-10)17-12(20)8-22-13-6-7-15-14(21)18-13/h2-7H,8H2,1H3,(H,16,19)(H,17,20)(H,15,18,21). The Morgan fingerprint density at radius 3 is 2.36 bits per heavy atom. The van der Waals surface area contributed by atoms with Crippen LogP contribution in [0, 0.1) is 0 Å². The quantitative estimate of drug-likeness (QED) is 0.572. The van der Waals surface area contributed by atoms with Gasteiger partial charge >= 0.3 is 5.69 Å². The van der Waals surface area contributed by atoms with E-state index in [1.807, 2.05) is 0 Å². The number of aromatic nitrogens is 2. The number of benzene rings is 1. The Labute approximate surface area is 130 Å². The number of nitrogens with one attached hydrogen (secondary N) is 3. The van der Waals surface area contributed by atoms with Crippen LogP contribution >= 0.6 is 11.8 Å². The Morgan fingerprint density at radius 2 is 1.77 bits per heavy atom. The number of aromatic amines is 1. The summed E-state index contributed by atoms with van der Waals surface area (Å²) in [5.74, 6) is -0.192. The zero-order chi connectivity index (χ0) is 15.9. The summed E-state index contributed by atoms with van der Waals surface area (Å²) in [6.45, 7) is 1.43. The Hall–Kier alpha value is -2.61. The zero-order valence-electron chi connectivity index (χ0n) is 11.8. The summed E-state index contributed by atoms with van der Waals surface area (Å²) in [5.41, 5.74) is 0.844. The SMILES string of the molecule is CC(=O)Nc1ccc(NC(=O)CSc2ccnc(=O)[nH]2)cc1. The smallest absolute Gasteiger partial charge is 0.326 e. The fourth-order valence-electron chi connectivity index (χ4n) is 1.62. The van der Waals surface area contributed by atoms with E-state index in [0.717, 1.165) is 0 Å². The molecule has 2 rings (SSSR count). The lowest BCUT2D eigenvalue weighted by Crippen LogP contribution is -2.15. The topological polar surface area (TPSA) is 104 Å². The number of amides is 2. The van der Waals surface area contributed by atoms with Crippen molar-refractivity contribution in [1.29, 1.82) is 0 Å². The number of carbonyl (C=O) groups is 2. The number of hydrogen-bond donors (Lipinski definition) is 3. The highest BCUT2D eigenvalue weighted by atomic mass is 32.2. The summed E-state index contributed by atoms with van der Waals surface area (Å²) < 4.78 is 0. The summed E-state index contributed by atoms with van der Waals surface area (Å²) in [5, 5.41) is 5.95. The van der Waals surface area contributed by atoms with Crippen molar-refractivity contribution in [2.45, 2.75) is 11.9 Å². The third kappa shape index (κ3) is 5.06. The van der Waals surface area contributed by atoms with Crippen LogP contribution in [0.25, 0.3) is 0 Å². The molecular weight excluding hydrogens is 304 g/mol. The molecule has 114 valence electrons. The molecule has 2 aromatic rings. The van der Waals surface area contributed by atoms with Gasteiger partial charge in [0, 0.05) is 24.5 Å². The van der Waals surface area contributed by atoms with Crippen molar-refractivity contribution < 1.29 is 9.59 Å². The van der Waals surface area contributed by atoms with Crippen LogP contribution in [0.5, 0.6) is 0 Å². The molecule has 0 fully saturated rings. The molecule has 0 aliphatic carbocycles. The van der Waals surface area contributed by atoms with E-state index in [0.29, 0.717) is 16.4 Å². The van der Waals surface area contributed by atoms with Gasteiger partial charge < -0.3 is 15.6 Å². The van der Waals surface area contributed by atoms with Crippen LogP contribution in [0.15, 0.2) is 46.3 Å². The van der Waals surface area contributed by atoms with Gasteiger partial charge in [0.25, 0.3) is 0 Å². The van der Waals surface area contributed by atoms with E-state index in [4.69, 9.17) is 0 Å². The minimum absolute atomic E-state index is 0.153. The molecule has 1 aromatic heterocycles. The normalized spacial score (nSPS) is 10.0. The van der Waals surface area contributed by atoms with Crippen molar-refractivity contribution in [3.8, 4) is 0 Å². The van der Waals surface area contributed by atoms with Crippen LogP contribution in [0.1, 0.15) is 6.92 Å². The lowest BCUT2D eigenvalue weighted by Gasteiger charge is -2.06.